The van der Waals surface area contributed by atoms with Crippen LogP contribution in [-0.2, 0) is 18.5 Å². The number of hydrogen-bond acceptors (Lipinski definition) is 2. The van der Waals surface area contributed by atoms with Crippen LogP contribution in [-0.4, -0.2) is 26.1 Å². The molecule has 1 aromatic heterocycles. The first-order valence-corrected chi connectivity index (χ1v) is 8.23. The van der Waals surface area contributed by atoms with E-state index in [-0.39, 0.29) is 23.7 Å². The average molecular weight is 329 g/mol. The Morgan fingerprint density at radius 3 is 2.54 bits per heavy atom. The number of aromatic nitrogens is 2. The van der Waals surface area contributed by atoms with E-state index in [1.54, 1.807) is 27.8 Å². The van der Waals surface area contributed by atoms with Gasteiger partial charge in [0, 0.05) is 17.5 Å². The minimum absolute atomic E-state index is 0.0995. The van der Waals surface area contributed by atoms with Crippen LogP contribution in [0.25, 0.3) is 0 Å². The Balaban J connectivity index is 1.99. The van der Waals surface area contributed by atoms with Crippen LogP contribution >= 0.6 is 0 Å². The van der Waals surface area contributed by atoms with E-state index < -0.39 is 5.54 Å². The van der Waals surface area contributed by atoms with Gasteiger partial charge in [-0.05, 0) is 26.0 Å². The van der Waals surface area contributed by atoms with Crippen molar-refractivity contribution in [3.63, 3.8) is 0 Å². The lowest BCUT2D eigenvalue weighted by molar-refractivity contribution is 0.0364. The molecule has 1 aliphatic rings. The summed E-state index contributed by atoms with van der Waals surface area (Å²) in [6.45, 7) is 11.1. The number of rotatable bonds is 2. The molecule has 4 nitrogen and oxygen atoms in total. The predicted molar refractivity (Wildman–Crippen MR) is 91.3 cm³/mol. The van der Waals surface area contributed by atoms with Gasteiger partial charge in [0.1, 0.15) is 11.5 Å². The molecule has 0 unspecified atom stereocenters. The van der Waals surface area contributed by atoms with Gasteiger partial charge < -0.3 is 4.90 Å². The molecule has 1 aliphatic heterocycles. The van der Waals surface area contributed by atoms with E-state index in [1.807, 2.05) is 19.9 Å². The highest BCUT2D eigenvalue weighted by molar-refractivity contribution is 5.94. The van der Waals surface area contributed by atoms with E-state index in [2.05, 4.69) is 25.9 Å². The van der Waals surface area contributed by atoms with Crippen molar-refractivity contribution in [1.82, 2.24) is 14.7 Å². The lowest BCUT2D eigenvalue weighted by Crippen LogP contribution is -2.54. The molecule has 5 heteroatoms. The fourth-order valence-electron chi connectivity index (χ4n) is 3.02. The molecule has 2 heterocycles. The molecule has 0 N–H and O–H groups in total. The summed E-state index contributed by atoms with van der Waals surface area (Å²) in [5.41, 5.74) is 1.45. The van der Waals surface area contributed by atoms with Crippen LogP contribution in [0, 0.1) is 5.82 Å². The van der Waals surface area contributed by atoms with Gasteiger partial charge in [0.2, 0.25) is 0 Å². The van der Waals surface area contributed by atoms with Crippen LogP contribution in [0.2, 0.25) is 0 Å². The Morgan fingerprint density at radius 2 is 1.92 bits per heavy atom. The van der Waals surface area contributed by atoms with Crippen molar-refractivity contribution in [2.45, 2.75) is 58.7 Å². The molecule has 1 amide bonds. The van der Waals surface area contributed by atoms with E-state index in [9.17, 15) is 9.18 Å². The van der Waals surface area contributed by atoms with Crippen molar-refractivity contribution in [3.05, 3.63) is 53.1 Å². The van der Waals surface area contributed by atoms with Crippen LogP contribution in [0.4, 0.5) is 4.39 Å². The molecule has 3 rings (SSSR count). The maximum Gasteiger partial charge on any atom is 0.272 e. The van der Waals surface area contributed by atoms with Gasteiger partial charge in [-0.15, -0.1) is 0 Å². The van der Waals surface area contributed by atoms with E-state index in [0.717, 1.165) is 5.69 Å². The van der Waals surface area contributed by atoms with E-state index in [4.69, 9.17) is 0 Å². The Morgan fingerprint density at radius 1 is 1.25 bits per heavy atom. The van der Waals surface area contributed by atoms with Gasteiger partial charge in [-0.3, -0.25) is 9.48 Å². The van der Waals surface area contributed by atoms with Crippen LogP contribution in [0.3, 0.4) is 0 Å². The van der Waals surface area contributed by atoms with Gasteiger partial charge in [-0.1, -0.05) is 39.0 Å². The molecular formula is C19H24FN3O. The number of carbonyl (C=O) groups is 1. The number of nitrogens with zero attached hydrogens (tertiary/aromatic N) is 3. The van der Waals surface area contributed by atoms with Crippen molar-refractivity contribution in [3.8, 4) is 0 Å². The summed E-state index contributed by atoms with van der Waals surface area (Å²) >= 11 is 0. The maximum atomic E-state index is 14.0. The Hall–Kier alpha value is -2.17. The van der Waals surface area contributed by atoms with Crippen molar-refractivity contribution in [2.75, 3.05) is 0 Å². The van der Waals surface area contributed by atoms with Gasteiger partial charge in [-0.2, -0.15) is 5.10 Å². The second-order valence-corrected chi connectivity index (χ2v) is 8.12. The third-order valence-electron chi connectivity index (χ3n) is 4.57. The summed E-state index contributed by atoms with van der Waals surface area (Å²) in [6.07, 6.45) is 0. The van der Waals surface area contributed by atoms with Crippen LogP contribution in [0.1, 0.15) is 56.4 Å². The van der Waals surface area contributed by atoms with Crippen LogP contribution in [0.15, 0.2) is 30.3 Å². The zero-order chi connectivity index (χ0) is 17.7. The SMILES string of the molecule is CC(C)(C)c1cc2n(n1)CC(C)(C)N(Cc1ccccc1F)C2=O. The van der Waals surface area contributed by atoms with Gasteiger partial charge in [0.15, 0.2) is 0 Å². The van der Waals surface area contributed by atoms with E-state index in [0.29, 0.717) is 17.8 Å². The Kier molecular flexibility index (Phi) is 3.78. The summed E-state index contributed by atoms with van der Waals surface area (Å²) in [5.74, 6) is -0.381. The van der Waals surface area contributed by atoms with Crippen LogP contribution in [0.5, 0.6) is 0 Å². The van der Waals surface area contributed by atoms with Crippen molar-refractivity contribution >= 4 is 5.91 Å². The van der Waals surface area contributed by atoms with Gasteiger partial charge in [0.25, 0.3) is 5.91 Å². The number of halogens is 1. The molecule has 2 aromatic rings. The normalized spacial score (nSPS) is 17.1. The second kappa shape index (κ2) is 5.43. The average Bonchev–Trinajstić information content (AvgIpc) is 2.88. The number of benzene rings is 1. The Labute approximate surface area is 142 Å². The zero-order valence-electron chi connectivity index (χ0n) is 14.9. The topological polar surface area (TPSA) is 38.1 Å². The molecule has 1 aromatic carbocycles. The molecule has 0 saturated carbocycles. The largest absolute Gasteiger partial charge is 0.326 e. The molecule has 0 bridgehead atoms. The van der Waals surface area contributed by atoms with Gasteiger partial charge >= 0.3 is 0 Å². The molecule has 0 aliphatic carbocycles. The highest BCUT2D eigenvalue weighted by Gasteiger charge is 2.40. The third kappa shape index (κ3) is 2.83. The Bertz CT molecular complexity index is 786. The van der Waals surface area contributed by atoms with E-state index in [1.165, 1.54) is 6.07 Å². The molecule has 0 spiro atoms. The summed E-state index contributed by atoms with van der Waals surface area (Å²) < 4.78 is 15.8. The third-order valence-corrected chi connectivity index (χ3v) is 4.57. The predicted octanol–water partition coefficient (Wildman–Crippen LogP) is 3.75. The number of hydrogen-bond donors (Lipinski definition) is 0. The molecule has 0 fully saturated rings. The van der Waals surface area contributed by atoms with Crippen molar-refractivity contribution in [2.24, 2.45) is 0 Å². The van der Waals surface area contributed by atoms with Gasteiger partial charge in [0.05, 0.1) is 17.8 Å². The second-order valence-electron chi connectivity index (χ2n) is 8.12. The smallest absolute Gasteiger partial charge is 0.272 e. The molecule has 0 atom stereocenters. The van der Waals surface area contributed by atoms with E-state index >= 15 is 0 Å². The number of carbonyl (C=O) groups excluding carboxylic acids is 1. The summed E-state index contributed by atoms with van der Waals surface area (Å²) in [7, 11) is 0. The minimum Gasteiger partial charge on any atom is -0.326 e. The molecular weight excluding hydrogens is 305 g/mol. The van der Waals surface area contributed by atoms with Crippen molar-refractivity contribution in [1.29, 1.82) is 0 Å². The standard InChI is InChI=1S/C19H24FN3O/c1-18(2,3)16-10-15-17(24)22(19(4,5)12-23(15)21-16)11-13-8-6-7-9-14(13)20/h6-10H,11-12H2,1-5H3. The zero-order valence-corrected chi connectivity index (χ0v) is 14.9. The quantitative estimate of drug-likeness (QED) is 0.841. The lowest BCUT2D eigenvalue weighted by atomic mass is 9.92. The molecule has 0 radical (unpaired) electrons. The monoisotopic (exact) mass is 329 g/mol. The van der Waals surface area contributed by atoms with Crippen molar-refractivity contribution < 1.29 is 9.18 Å². The molecule has 24 heavy (non-hydrogen) atoms. The highest BCUT2D eigenvalue weighted by atomic mass is 19.1. The molecule has 128 valence electrons. The minimum atomic E-state index is -0.437. The fourth-order valence-corrected chi connectivity index (χ4v) is 3.02. The summed E-state index contributed by atoms with van der Waals surface area (Å²) in [4.78, 5) is 14.8. The first kappa shape index (κ1) is 16.7. The number of fused-ring (bicyclic) bond motifs is 1. The van der Waals surface area contributed by atoms with Gasteiger partial charge in [-0.25, -0.2) is 4.39 Å². The summed E-state index contributed by atoms with van der Waals surface area (Å²) in [5, 5.41) is 4.62. The van der Waals surface area contributed by atoms with Crippen LogP contribution < -0.4 is 0 Å². The highest BCUT2D eigenvalue weighted by Crippen LogP contribution is 2.31. The summed E-state index contributed by atoms with van der Waals surface area (Å²) in [6, 6.07) is 8.48. The maximum absolute atomic E-state index is 14.0. The first-order chi connectivity index (χ1) is 11.1. The number of amides is 1. The fraction of sp³-hybridized carbons (Fsp3) is 0.474. The lowest BCUT2D eigenvalue weighted by Gasteiger charge is -2.42. The first-order valence-electron chi connectivity index (χ1n) is 8.23. The molecule has 0 saturated heterocycles.